The van der Waals surface area contributed by atoms with Crippen molar-refractivity contribution in [2.45, 2.75) is 19.8 Å². The molecule has 122 valence electrons. The molecule has 24 heavy (non-hydrogen) atoms. The molecule has 0 bridgehead atoms. The normalized spacial score (nSPS) is 10.5. The van der Waals surface area contributed by atoms with E-state index in [0.717, 1.165) is 12.1 Å². The van der Waals surface area contributed by atoms with Crippen molar-refractivity contribution < 1.29 is 9.45 Å². The lowest BCUT2D eigenvalue weighted by Crippen LogP contribution is -1.97. The number of hydrogen-bond acceptors (Lipinski definition) is 6. The summed E-state index contributed by atoms with van der Waals surface area (Å²) in [7, 11) is 0. The summed E-state index contributed by atoms with van der Waals surface area (Å²) >= 11 is 0. The topological polar surface area (TPSA) is 94.1 Å². The van der Waals surface area contributed by atoms with Gasteiger partial charge in [0.2, 0.25) is 11.7 Å². The van der Waals surface area contributed by atoms with Gasteiger partial charge in [0, 0.05) is 23.7 Å². The molecule has 0 atom stereocenters. The summed E-state index contributed by atoms with van der Waals surface area (Å²) in [5, 5.41) is 18.3. The SMILES string of the molecule is CCCc1nc(-c2ccc(Nc3ccccc3)c([N+](=O)[O-])c2)no1. The second kappa shape index (κ2) is 6.91. The lowest BCUT2D eigenvalue weighted by molar-refractivity contribution is -0.383. The second-order valence-corrected chi connectivity index (χ2v) is 5.24. The minimum Gasteiger partial charge on any atom is -0.350 e. The highest BCUT2D eigenvalue weighted by Crippen LogP contribution is 2.31. The Balaban J connectivity index is 1.93. The van der Waals surface area contributed by atoms with Gasteiger partial charge >= 0.3 is 0 Å². The molecular weight excluding hydrogens is 308 g/mol. The van der Waals surface area contributed by atoms with Crippen LogP contribution in [0, 0.1) is 10.1 Å². The zero-order valence-corrected chi connectivity index (χ0v) is 13.1. The van der Waals surface area contributed by atoms with E-state index in [4.69, 9.17) is 4.52 Å². The van der Waals surface area contributed by atoms with Crippen LogP contribution in [0.2, 0.25) is 0 Å². The summed E-state index contributed by atoms with van der Waals surface area (Å²) in [5.74, 6) is 0.884. The average Bonchev–Trinajstić information content (AvgIpc) is 3.05. The molecule has 0 aliphatic heterocycles. The van der Waals surface area contributed by atoms with Crippen LogP contribution in [-0.2, 0) is 6.42 Å². The van der Waals surface area contributed by atoms with Gasteiger partial charge in [-0.05, 0) is 30.7 Å². The molecule has 1 N–H and O–H groups in total. The molecule has 3 rings (SSSR count). The first-order valence-corrected chi connectivity index (χ1v) is 7.61. The third-order valence-corrected chi connectivity index (χ3v) is 3.44. The van der Waals surface area contributed by atoms with Gasteiger partial charge in [-0.25, -0.2) is 0 Å². The number of aromatic nitrogens is 2. The Labute approximate surface area is 138 Å². The first-order valence-electron chi connectivity index (χ1n) is 7.61. The number of rotatable bonds is 6. The summed E-state index contributed by atoms with van der Waals surface area (Å²) in [6, 6.07) is 14.1. The molecule has 0 aliphatic rings. The predicted molar refractivity (Wildman–Crippen MR) is 90.1 cm³/mol. The number of nitrogens with one attached hydrogen (secondary N) is 1. The van der Waals surface area contributed by atoms with E-state index < -0.39 is 4.92 Å². The zero-order chi connectivity index (χ0) is 16.9. The van der Waals surface area contributed by atoms with E-state index in [1.165, 1.54) is 6.07 Å². The minimum absolute atomic E-state index is 0.0433. The van der Waals surface area contributed by atoms with Crippen molar-refractivity contribution in [3.8, 4) is 11.4 Å². The highest BCUT2D eigenvalue weighted by molar-refractivity contribution is 5.74. The van der Waals surface area contributed by atoms with Gasteiger partial charge in [0.1, 0.15) is 5.69 Å². The number of anilines is 2. The Hall–Kier alpha value is -3.22. The van der Waals surface area contributed by atoms with Crippen LogP contribution in [-0.4, -0.2) is 15.1 Å². The van der Waals surface area contributed by atoms with E-state index in [1.54, 1.807) is 12.1 Å². The molecule has 1 heterocycles. The van der Waals surface area contributed by atoms with Crippen LogP contribution in [0.4, 0.5) is 17.1 Å². The van der Waals surface area contributed by atoms with E-state index >= 15 is 0 Å². The third-order valence-electron chi connectivity index (χ3n) is 3.44. The molecule has 3 aromatic rings. The van der Waals surface area contributed by atoms with E-state index in [-0.39, 0.29) is 5.69 Å². The van der Waals surface area contributed by atoms with E-state index in [0.29, 0.717) is 29.4 Å². The van der Waals surface area contributed by atoms with Crippen molar-refractivity contribution in [2.75, 3.05) is 5.32 Å². The molecule has 0 saturated heterocycles. The van der Waals surface area contributed by atoms with E-state index in [2.05, 4.69) is 15.5 Å². The van der Waals surface area contributed by atoms with Gasteiger partial charge in [-0.2, -0.15) is 4.98 Å². The maximum Gasteiger partial charge on any atom is 0.293 e. The van der Waals surface area contributed by atoms with Crippen LogP contribution in [0.25, 0.3) is 11.4 Å². The maximum absolute atomic E-state index is 11.4. The number of para-hydroxylation sites is 1. The molecule has 7 nitrogen and oxygen atoms in total. The Morgan fingerprint density at radius 3 is 2.71 bits per heavy atom. The van der Waals surface area contributed by atoms with Gasteiger partial charge in [-0.15, -0.1) is 0 Å². The molecule has 0 spiro atoms. The summed E-state index contributed by atoms with van der Waals surface area (Å²) < 4.78 is 5.14. The molecule has 0 aliphatic carbocycles. The van der Waals surface area contributed by atoms with Gasteiger partial charge in [-0.1, -0.05) is 30.3 Å². The first-order chi connectivity index (χ1) is 11.7. The van der Waals surface area contributed by atoms with Crippen molar-refractivity contribution >= 4 is 17.1 Å². The van der Waals surface area contributed by atoms with Crippen molar-refractivity contribution in [3.63, 3.8) is 0 Å². The Morgan fingerprint density at radius 2 is 2.00 bits per heavy atom. The molecule has 7 heteroatoms. The Bertz CT molecular complexity index is 846. The number of aryl methyl sites for hydroxylation is 1. The van der Waals surface area contributed by atoms with Gasteiger partial charge in [0.05, 0.1) is 4.92 Å². The highest BCUT2D eigenvalue weighted by Gasteiger charge is 2.18. The number of nitro benzene ring substituents is 1. The lowest BCUT2D eigenvalue weighted by atomic mass is 10.1. The van der Waals surface area contributed by atoms with Crippen LogP contribution in [0.5, 0.6) is 0 Å². The third kappa shape index (κ3) is 3.40. The summed E-state index contributed by atoms with van der Waals surface area (Å²) in [6.07, 6.45) is 1.57. The van der Waals surface area contributed by atoms with Gasteiger partial charge in [-0.3, -0.25) is 10.1 Å². The smallest absolute Gasteiger partial charge is 0.293 e. The fraction of sp³-hybridized carbons (Fsp3) is 0.176. The Kier molecular flexibility index (Phi) is 4.51. The van der Waals surface area contributed by atoms with Gasteiger partial charge in [0.25, 0.3) is 5.69 Å². The monoisotopic (exact) mass is 324 g/mol. The van der Waals surface area contributed by atoms with Crippen molar-refractivity contribution in [1.29, 1.82) is 0 Å². The number of benzene rings is 2. The molecule has 0 unspecified atom stereocenters. The maximum atomic E-state index is 11.4. The van der Waals surface area contributed by atoms with E-state index in [1.807, 2.05) is 37.3 Å². The molecule has 0 radical (unpaired) electrons. The molecule has 0 fully saturated rings. The molecule has 1 aromatic heterocycles. The number of nitro groups is 1. The number of nitrogens with zero attached hydrogens (tertiary/aromatic N) is 3. The zero-order valence-electron chi connectivity index (χ0n) is 13.1. The molecule has 0 saturated carbocycles. The lowest BCUT2D eigenvalue weighted by Gasteiger charge is -2.07. The van der Waals surface area contributed by atoms with Crippen molar-refractivity contribution in [1.82, 2.24) is 10.1 Å². The largest absolute Gasteiger partial charge is 0.350 e. The van der Waals surface area contributed by atoms with E-state index in [9.17, 15) is 10.1 Å². The molecular formula is C17H16N4O3. The fourth-order valence-electron chi connectivity index (χ4n) is 2.29. The highest BCUT2D eigenvalue weighted by atomic mass is 16.6. The van der Waals surface area contributed by atoms with Gasteiger partial charge in [0.15, 0.2) is 0 Å². The summed E-state index contributed by atoms with van der Waals surface area (Å²) in [5.41, 5.74) is 1.69. The van der Waals surface area contributed by atoms with Crippen LogP contribution in [0.1, 0.15) is 19.2 Å². The van der Waals surface area contributed by atoms with Crippen LogP contribution < -0.4 is 5.32 Å². The quantitative estimate of drug-likeness (QED) is 0.535. The standard InChI is InChI=1S/C17H16N4O3/c1-2-6-16-19-17(20-24-16)12-9-10-14(15(11-12)21(22)23)18-13-7-4-3-5-8-13/h3-5,7-11,18H,2,6H2,1H3. The summed E-state index contributed by atoms with van der Waals surface area (Å²) in [6.45, 7) is 2.01. The van der Waals surface area contributed by atoms with Crippen molar-refractivity contribution in [3.05, 3.63) is 64.5 Å². The van der Waals surface area contributed by atoms with Crippen molar-refractivity contribution in [2.24, 2.45) is 0 Å². The first kappa shape index (κ1) is 15.7. The average molecular weight is 324 g/mol. The molecule has 0 amide bonds. The second-order valence-electron chi connectivity index (χ2n) is 5.24. The Morgan fingerprint density at radius 1 is 1.21 bits per heavy atom. The number of hydrogen-bond donors (Lipinski definition) is 1. The molecule has 2 aromatic carbocycles. The summed E-state index contributed by atoms with van der Waals surface area (Å²) in [4.78, 5) is 15.2. The van der Waals surface area contributed by atoms with Crippen LogP contribution in [0.15, 0.2) is 53.1 Å². The van der Waals surface area contributed by atoms with Crippen LogP contribution in [0.3, 0.4) is 0 Å². The van der Waals surface area contributed by atoms with Crippen LogP contribution >= 0.6 is 0 Å². The van der Waals surface area contributed by atoms with Gasteiger partial charge < -0.3 is 9.84 Å². The fourth-order valence-corrected chi connectivity index (χ4v) is 2.29. The minimum atomic E-state index is -0.429. The predicted octanol–water partition coefficient (Wildman–Crippen LogP) is 4.34.